The number of piperazine rings is 1. The van der Waals surface area contributed by atoms with Crippen LogP contribution in [-0.4, -0.2) is 59.3 Å². The second-order valence-corrected chi connectivity index (χ2v) is 7.78. The molecular formula is C23H30N4O2. The second kappa shape index (κ2) is 9.18. The number of aromatic nitrogens is 1. The van der Waals surface area contributed by atoms with Gasteiger partial charge in [-0.1, -0.05) is 45.0 Å². The molecule has 1 aliphatic heterocycles. The maximum absolute atomic E-state index is 12.9. The summed E-state index contributed by atoms with van der Waals surface area (Å²) in [5, 5.41) is 3.00. The van der Waals surface area contributed by atoms with E-state index in [4.69, 9.17) is 0 Å². The van der Waals surface area contributed by atoms with Gasteiger partial charge in [0.05, 0.1) is 0 Å². The van der Waals surface area contributed by atoms with Gasteiger partial charge in [-0.3, -0.25) is 9.59 Å². The first-order valence-electron chi connectivity index (χ1n) is 10.3. The maximum Gasteiger partial charge on any atom is 0.274 e. The standard InChI is InChI=1S/C23H30N4O2/c1-5-26-12-14-27(15-13-26)23(29)20-11-7-10-19(24-20)22(28)25-21-17(4)8-6-9-18(21)16(2)3/h6-11,16H,5,12-15H2,1-4H3,(H,25,28). The van der Waals surface area contributed by atoms with Crippen molar-refractivity contribution in [2.75, 3.05) is 38.0 Å². The fourth-order valence-corrected chi connectivity index (χ4v) is 3.63. The SMILES string of the molecule is CCN1CCN(C(=O)c2cccc(C(=O)Nc3c(C)cccc3C(C)C)n2)CC1. The van der Waals surface area contributed by atoms with E-state index < -0.39 is 0 Å². The molecule has 6 nitrogen and oxygen atoms in total. The Morgan fingerprint density at radius 1 is 1.03 bits per heavy atom. The van der Waals surface area contributed by atoms with Crippen molar-refractivity contribution < 1.29 is 9.59 Å². The monoisotopic (exact) mass is 394 g/mol. The van der Waals surface area contributed by atoms with Crippen molar-refractivity contribution in [3.05, 3.63) is 58.9 Å². The number of pyridine rings is 1. The number of para-hydroxylation sites is 1. The van der Waals surface area contributed by atoms with Crippen LogP contribution in [-0.2, 0) is 0 Å². The van der Waals surface area contributed by atoms with E-state index in [2.05, 4.69) is 36.0 Å². The Morgan fingerprint density at radius 2 is 1.69 bits per heavy atom. The smallest absolute Gasteiger partial charge is 0.274 e. The van der Waals surface area contributed by atoms with Crippen LogP contribution in [0.1, 0.15) is 58.8 Å². The van der Waals surface area contributed by atoms with Gasteiger partial charge in [-0.15, -0.1) is 0 Å². The predicted molar refractivity (Wildman–Crippen MR) is 115 cm³/mol. The number of nitrogens with one attached hydrogen (secondary N) is 1. The lowest BCUT2D eigenvalue weighted by atomic mass is 9.98. The van der Waals surface area contributed by atoms with E-state index in [1.54, 1.807) is 18.2 Å². The summed E-state index contributed by atoms with van der Waals surface area (Å²) in [4.78, 5) is 34.2. The van der Waals surface area contributed by atoms with Crippen LogP contribution in [0.4, 0.5) is 5.69 Å². The van der Waals surface area contributed by atoms with E-state index in [-0.39, 0.29) is 23.4 Å². The van der Waals surface area contributed by atoms with Crippen molar-refractivity contribution in [2.45, 2.75) is 33.6 Å². The van der Waals surface area contributed by atoms with Crippen LogP contribution in [0, 0.1) is 6.92 Å². The molecule has 29 heavy (non-hydrogen) atoms. The lowest BCUT2D eigenvalue weighted by molar-refractivity contribution is 0.0637. The molecular weight excluding hydrogens is 364 g/mol. The summed E-state index contributed by atoms with van der Waals surface area (Å²) in [6, 6.07) is 11.0. The molecule has 2 amide bonds. The fraction of sp³-hybridized carbons (Fsp3) is 0.435. The lowest BCUT2D eigenvalue weighted by Crippen LogP contribution is -2.48. The molecule has 1 aromatic heterocycles. The number of hydrogen-bond donors (Lipinski definition) is 1. The summed E-state index contributed by atoms with van der Waals surface area (Å²) in [6.45, 7) is 12.4. The van der Waals surface area contributed by atoms with E-state index in [1.807, 2.05) is 30.0 Å². The first kappa shape index (κ1) is 21.0. The molecule has 3 rings (SSSR count). The van der Waals surface area contributed by atoms with Crippen LogP contribution in [0.15, 0.2) is 36.4 Å². The highest BCUT2D eigenvalue weighted by Gasteiger charge is 2.23. The number of aryl methyl sites for hydroxylation is 1. The Morgan fingerprint density at radius 3 is 2.34 bits per heavy atom. The van der Waals surface area contributed by atoms with Gasteiger partial charge < -0.3 is 15.1 Å². The summed E-state index contributed by atoms with van der Waals surface area (Å²) in [5.41, 5.74) is 3.48. The highest BCUT2D eigenvalue weighted by Crippen LogP contribution is 2.27. The van der Waals surface area contributed by atoms with Crippen molar-refractivity contribution in [1.82, 2.24) is 14.8 Å². The van der Waals surface area contributed by atoms with E-state index in [0.717, 1.165) is 36.4 Å². The third-order valence-electron chi connectivity index (χ3n) is 5.47. The van der Waals surface area contributed by atoms with Gasteiger partial charge in [0.15, 0.2) is 0 Å². The van der Waals surface area contributed by atoms with Crippen LogP contribution in [0.25, 0.3) is 0 Å². The van der Waals surface area contributed by atoms with Crippen molar-refractivity contribution in [3.8, 4) is 0 Å². The van der Waals surface area contributed by atoms with Gasteiger partial charge in [0, 0.05) is 31.9 Å². The summed E-state index contributed by atoms with van der Waals surface area (Å²) in [6.07, 6.45) is 0. The zero-order valence-electron chi connectivity index (χ0n) is 17.7. The van der Waals surface area contributed by atoms with Crippen molar-refractivity contribution in [1.29, 1.82) is 0 Å². The predicted octanol–water partition coefficient (Wildman–Crippen LogP) is 3.54. The van der Waals surface area contributed by atoms with Gasteiger partial charge in [0.2, 0.25) is 0 Å². The number of carbonyl (C=O) groups excluding carboxylic acids is 2. The Bertz CT molecular complexity index is 886. The number of carbonyl (C=O) groups is 2. The number of amides is 2. The maximum atomic E-state index is 12.9. The minimum absolute atomic E-state index is 0.117. The van der Waals surface area contributed by atoms with Gasteiger partial charge in [0.1, 0.15) is 11.4 Å². The van der Waals surface area contributed by atoms with Crippen LogP contribution >= 0.6 is 0 Å². The van der Waals surface area contributed by atoms with Gasteiger partial charge >= 0.3 is 0 Å². The Hall–Kier alpha value is -2.73. The third kappa shape index (κ3) is 4.82. The number of benzene rings is 1. The lowest BCUT2D eigenvalue weighted by Gasteiger charge is -2.33. The molecule has 0 atom stereocenters. The molecule has 0 saturated carbocycles. The molecule has 2 aromatic rings. The molecule has 1 aromatic carbocycles. The summed E-state index contributed by atoms with van der Waals surface area (Å²) < 4.78 is 0. The molecule has 0 aliphatic carbocycles. The number of anilines is 1. The molecule has 1 aliphatic rings. The minimum atomic E-state index is -0.299. The first-order valence-corrected chi connectivity index (χ1v) is 10.3. The quantitative estimate of drug-likeness (QED) is 0.842. The topological polar surface area (TPSA) is 65.5 Å². The van der Waals surface area contributed by atoms with E-state index >= 15 is 0 Å². The van der Waals surface area contributed by atoms with Gasteiger partial charge in [-0.05, 0) is 42.6 Å². The molecule has 2 heterocycles. The number of hydrogen-bond acceptors (Lipinski definition) is 4. The number of nitrogens with zero attached hydrogens (tertiary/aromatic N) is 3. The number of rotatable bonds is 5. The van der Waals surface area contributed by atoms with E-state index in [0.29, 0.717) is 18.8 Å². The van der Waals surface area contributed by atoms with Gasteiger partial charge in [-0.2, -0.15) is 0 Å². The molecule has 1 saturated heterocycles. The van der Waals surface area contributed by atoms with Crippen molar-refractivity contribution >= 4 is 17.5 Å². The van der Waals surface area contributed by atoms with Crippen LogP contribution in [0.5, 0.6) is 0 Å². The Balaban J connectivity index is 1.76. The van der Waals surface area contributed by atoms with Crippen molar-refractivity contribution in [3.63, 3.8) is 0 Å². The summed E-state index contributed by atoms with van der Waals surface area (Å²) >= 11 is 0. The molecule has 0 bridgehead atoms. The van der Waals surface area contributed by atoms with Crippen LogP contribution < -0.4 is 5.32 Å². The largest absolute Gasteiger partial charge is 0.335 e. The Labute approximate surface area is 172 Å². The molecule has 0 spiro atoms. The van der Waals surface area contributed by atoms with Crippen LogP contribution in [0.2, 0.25) is 0 Å². The van der Waals surface area contributed by atoms with Crippen LogP contribution in [0.3, 0.4) is 0 Å². The average Bonchev–Trinajstić information content (AvgIpc) is 2.74. The summed E-state index contributed by atoms with van der Waals surface area (Å²) in [7, 11) is 0. The average molecular weight is 395 g/mol. The Kier molecular flexibility index (Phi) is 6.64. The minimum Gasteiger partial charge on any atom is -0.335 e. The molecule has 1 N–H and O–H groups in total. The highest BCUT2D eigenvalue weighted by molar-refractivity contribution is 6.04. The molecule has 1 fully saturated rings. The second-order valence-electron chi connectivity index (χ2n) is 7.78. The van der Waals surface area contributed by atoms with Gasteiger partial charge in [0.25, 0.3) is 11.8 Å². The first-order chi connectivity index (χ1) is 13.9. The molecule has 0 unspecified atom stereocenters. The molecule has 6 heteroatoms. The number of likely N-dealkylation sites (N-methyl/N-ethyl adjacent to an activating group) is 1. The van der Waals surface area contributed by atoms with Crippen molar-refractivity contribution in [2.24, 2.45) is 0 Å². The fourth-order valence-electron chi connectivity index (χ4n) is 3.63. The third-order valence-corrected chi connectivity index (χ3v) is 5.47. The molecule has 154 valence electrons. The van der Waals surface area contributed by atoms with E-state index in [9.17, 15) is 9.59 Å². The van der Waals surface area contributed by atoms with E-state index in [1.165, 1.54) is 0 Å². The normalized spacial score (nSPS) is 14.9. The zero-order chi connectivity index (χ0) is 21.0. The molecule has 0 radical (unpaired) electrons. The van der Waals surface area contributed by atoms with Gasteiger partial charge in [-0.25, -0.2) is 4.98 Å². The zero-order valence-corrected chi connectivity index (χ0v) is 17.7. The summed E-state index contributed by atoms with van der Waals surface area (Å²) in [5.74, 6) is -0.131. The highest BCUT2D eigenvalue weighted by atomic mass is 16.2.